The number of aliphatic hydroxyl groups excluding tert-OH is 1. The Morgan fingerprint density at radius 1 is 1.29 bits per heavy atom. The smallest absolute Gasteiger partial charge is 0.296 e. The summed E-state index contributed by atoms with van der Waals surface area (Å²) in [5, 5.41) is 17.4. The molecule has 0 aromatic carbocycles. The number of hydrogen-bond donors (Lipinski definition) is 1. The second-order valence-corrected chi connectivity index (χ2v) is 5.34. The van der Waals surface area contributed by atoms with Crippen molar-refractivity contribution in [3.05, 3.63) is 41.5 Å². The molecule has 108 valence electrons. The molecular formula is C15H15N3O3. The van der Waals surface area contributed by atoms with Gasteiger partial charge in [-0.2, -0.15) is 0 Å². The molecule has 3 rings (SSSR count). The van der Waals surface area contributed by atoms with Crippen molar-refractivity contribution in [2.45, 2.75) is 25.7 Å². The number of amides is 1. The molecule has 0 aliphatic heterocycles. The lowest BCUT2D eigenvalue weighted by molar-refractivity contribution is -0.120. The van der Waals surface area contributed by atoms with E-state index in [1.54, 1.807) is 18.3 Å². The van der Waals surface area contributed by atoms with Crippen LogP contribution in [0.15, 0.2) is 46.2 Å². The van der Waals surface area contributed by atoms with Crippen LogP contribution in [-0.2, 0) is 4.79 Å². The highest BCUT2D eigenvalue weighted by atomic mass is 16.3. The predicted molar refractivity (Wildman–Crippen MR) is 73.5 cm³/mol. The molecule has 1 amide bonds. The molecule has 1 aromatic rings. The van der Waals surface area contributed by atoms with Crippen LogP contribution >= 0.6 is 0 Å². The molecule has 1 fully saturated rings. The first-order valence-electron chi connectivity index (χ1n) is 7.02. The summed E-state index contributed by atoms with van der Waals surface area (Å²) in [6.07, 6.45) is 6.47. The number of Topliss-reactive ketones (excluding diaryl/α,β-unsaturated/α-hetero) is 1. The van der Waals surface area contributed by atoms with Gasteiger partial charge < -0.3 is 5.11 Å². The van der Waals surface area contributed by atoms with Gasteiger partial charge >= 0.3 is 0 Å². The summed E-state index contributed by atoms with van der Waals surface area (Å²) in [4.78, 5) is 27.8. The Morgan fingerprint density at radius 3 is 2.71 bits per heavy atom. The number of aromatic nitrogens is 1. The van der Waals surface area contributed by atoms with E-state index in [0.717, 1.165) is 25.7 Å². The Kier molecular flexibility index (Phi) is 3.60. The molecule has 2 aliphatic rings. The first kappa shape index (κ1) is 13.6. The van der Waals surface area contributed by atoms with Crippen LogP contribution in [0.4, 0.5) is 0 Å². The number of fused-ring (bicyclic) bond motifs is 1. The fourth-order valence-electron chi connectivity index (χ4n) is 2.99. The molecule has 0 radical (unpaired) electrons. The van der Waals surface area contributed by atoms with Crippen LogP contribution < -0.4 is 0 Å². The summed E-state index contributed by atoms with van der Waals surface area (Å²) in [5.74, 6) is -1.12. The molecule has 1 N–H and O–H groups in total. The monoisotopic (exact) mass is 285 g/mol. The van der Waals surface area contributed by atoms with E-state index in [1.165, 1.54) is 6.20 Å². The van der Waals surface area contributed by atoms with Gasteiger partial charge in [0.05, 0.1) is 5.56 Å². The fourth-order valence-corrected chi connectivity index (χ4v) is 2.99. The second-order valence-electron chi connectivity index (χ2n) is 5.34. The first-order valence-corrected chi connectivity index (χ1v) is 7.02. The van der Waals surface area contributed by atoms with E-state index in [4.69, 9.17) is 0 Å². The second kappa shape index (κ2) is 5.55. The molecule has 0 saturated heterocycles. The molecule has 2 unspecified atom stereocenters. The van der Waals surface area contributed by atoms with Crippen LogP contribution in [0.5, 0.6) is 0 Å². The molecule has 21 heavy (non-hydrogen) atoms. The van der Waals surface area contributed by atoms with Crippen molar-refractivity contribution in [1.82, 2.24) is 4.98 Å². The molecule has 1 aromatic heterocycles. The van der Waals surface area contributed by atoms with E-state index in [9.17, 15) is 14.7 Å². The van der Waals surface area contributed by atoms with Gasteiger partial charge in [0.1, 0.15) is 5.76 Å². The number of ketones is 1. The minimum atomic E-state index is -0.578. The quantitative estimate of drug-likeness (QED) is 0.846. The van der Waals surface area contributed by atoms with Crippen LogP contribution in [0.1, 0.15) is 36.0 Å². The maximum absolute atomic E-state index is 12.2. The molecule has 1 heterocycles. The summed E-state index contributed by atoms with van der Waals surface area (Å²) in [5.41, 5.74) is 0.244. The SMILES string of the molecule is O=C(N=NC1=C(O)C2CCCCC2C1=O)c1cccnc1. The number of azo groups is 1. The third-order valence-corrected chi connectivity index (χ3v) is 4.08. The van der Waals surface area contributed by atoms with Crippen LogP contribution in [0, 0.1) is 11.8 Å². The zero-order valence-electron chi connectivity index (χ0n) is 11.4. The molecule has 2 atom stereocenters. The normalized spacial score (nSPS) is 25.4. The largest absolute Gasteiger partial charge is 0.510 e. The van der Waals surface area contributed by atoms with Gasteiger partial charge in [-0.3, -0.25) is 14.6 Å². The first-order chi connectivity index (χ1) is 10.2. The molecule has 0 bridgehead atoms. The minimum Gasteiger partial charge on any atom is -0.510 e. The van der Waals surface area contributed by atoms with Crippen molar-refractivity contribution >= 4 is 11.7 Å². The van der Waals surface area contributed by atoms with E-state index < -0.39 is 5.91 Å². The highest BCUT2D eigenvalue weighted by Crippen LogP contribution is 2.42. The van der Waals surface area contributed by atoms with Crippen molar-refractivity contribution in [3.8, 4) is 0 Å². The van der Waals surface area contributed by atoms with Gasteiger partial charge in [-0.1, -0.05) is 12.8 Å². The van der Waals surface area contributed by atoms with Crippen molar-refractivity contribution < 1.29 is 14.7 Å². The topological polar surface area (TPSA) is 92.0 Å². The van der Waals surface area contributed by atoms with Gasteiger partial charge in [0.2, 0.25) is 0 Å². The molecule has 6 nitrogen and oxygen atoms in total. The van der Waals surface area contributed by atoms with E-state index in [2.05, 4.69) is 15.2 Å². The van der Waals surface area contributed by atoms with Gasteiger partial charge in [-0.05, 0) is 25.0 Å². The number of allylic oxidation sites excluding steroid dienone is 2. The van der Waals surface area contributed by atoms with Gasteiger partial charge in [-0.25, -0.2) is 0 Å². The maximum Gasteiger partial charge on any atom is 0.296 e. The van der Waals surface area contributed by atoms with Gasteiger partial charge in [0.15, 0.2) is 11.5 Å². The fraction of sp³-hybridized carbons (Fsp3) is 0.400. The average Bonchev–Trinajstić information content (AvgIpc) is 2.78. The van der Waals surface area contributed by atoms with Crippen LogP contribution in [-0.4, -0.2) is 21.8 Å². The lowest BCUT2D eigenvalue weighted by Crippen LogP contribution is -2.21. The Labute approximate surface area is 121 Å². The number of pyridine rings is 1. The van der Waals surface area contributed by atoms with E-state index >= 15 is 0 Å². The lowest BCUT2D eigenvalue weighted by atomic mass is 9.80. The number of nitrogens with zero attached hydrogens (tertiary/aromatic N) is 3. The number of aliphatic hydroxyl groups is 1. The lowest BCUT2D eigenvalue weighted by Gasteiger charge is -2.23. The van der Waals surface area contributed by atoms with Crippen molar-refractivity contribution in [2.75, 3.05) is 0 Å². The zero-order chi connectivity index (χ0) is 14.8. The summed E-state index contributed by atoms with van der Waals surface area (Å²) in [7, 11) is 0. The molecule has 2 aliphatic carbocycles. The average molecular weight is 285 g/mol. The van der Waals surface area contributed by atoms with E-state index in [1.807, 2.05) is 0 Å². The van der Waals surface area contributed by atoms with E-state index in [-0.39, 0.29) is 29.1 Å². The summed E-state index contributed by atoms with van der Waals surface area (Å²) >= 11 is 0. The Bertz CT molecular complexity index is 637. The highest BCUT2D eigenvalue weighted by molar-refractivity contribution is 6.01. The van der Waals surface area contributed by atoms with Gasteiger partial charge in [-0.15, -0.1) is 10.2 Å². The van der Waals surface area contributed by atoms with Gasteiger partial charge in [0, 0.05) is 24.2 Å². The van der Waals surface area contributed by atoms with Crippen LogP contribution in [0.3, 0.4) is 0 Å². The Balaban J connectivity index is 1.81. The molecule has 0 spiro atoms. The molecule has 1 saturated carbocycles. The third kappa shape index (κ3) is 2.49. The third-order valence-electron chi connectivity index (χ3n) is 4.08. The van der Waals surface area contributed by atoms with Crippen LogP contribution in [0.2, 0.25) is 0 Å². The number of rotatable bonds is 2. The molecular weight excluding hydrogens is 270 g/mol. The number of carbonyl (C=O) groups excluding carboxylic acids is 2. The predicted octanol–water partition coefficient (Wildman–Crippen LogP) is 2.83. The Hall–Kier alpha value is -2.37. The standard InChI is InChI=1S/C15H15N3O3/c19-13-10-5-1-2-6-11(10)14(20)12(13)17-18-15(21)9-4-3-7-16-8-9/h3-4,7-8,10-11,19H,1-2,5-6H2. The summed E-state index contributed by atoms with van der Waals surface area (Å²) < 4.78 is 0. The van der Waals surface area contributed by atoms with Crippen molar-refractivity contribution in [2.24, 2.45) is 22.1 Å². The zero-order valence-corrected chi connectivity index (χ0v) is 11.4. The summed E-state index contributed by atoms with van der Waals surface area (Å²) in [6, 6.07) is 3.19. The highest BCUT2D eigenvalue weighted by Gasteiger charge is 2.43. The number of hydrogen-bond acceptors (Lipinski definition) is 5. The van der Waals surface area contributed by atoms with E-state index in [0.29, 0.717) is 5.56 Å². The van der Waals surface area contributed by atoms with Gasteiger partial charge in [0.25, 0.3) is 5.91 Å². The van der Waals surface area contributed by atoms with Crippen LogP contribution in [0.25, 0.3) is 0 Å². The van der Waals surface area contributed by atoms with Crippen molar-refractivity contribution in [1.29, 1.82) is 0 Å². The molecule has 6 heteroatoms. The minimum absolute atomic E-state index is 0.00700. The summed E-state index contributed by atoms with van der Waals surface area (Å²) in [6.45, 7) is 0. The Morgan fingerprint density at radius 2 is 2.05 bits per heavy atom. The van der Waals surface area contributed by atoms with Crippen molar-refractivity contribution in [3.63, 3.8) is 0 Å². The number of carbonyl (C=O) groups is 2. The maximum atomic E-state index is 12.2.